The first kappa shape index (κ1) is 17.9. The van der Waals surface area contributed by atoms with Crippen molar-refractivity contribution in [3.8, 4) is 0 Å². The minimum absolute atomic E-state index is 0.122. The highest BCUT2D eigenvalue weighted by Gasteiger charge is 2.13. The fourth-order valence-corrected chi connectivity index (χ4v) is 2.77. The van der Waals surface area contributed by atoms with E-state index in [0.29, 0.717) is 23.1 Å². The maximum absolute atomic E-state index is 12.5. The number of amides is 1. The number of nitrogens with zero attached hydrogens (tertiary/aromatic N) is 3. The molecule has 0 aliphatic rings. The summed E-state index contributed by atoms with van der Waals surface area (Å²) in [6, 6.07) is 15.4. The first-order valence-corrected chi connectivity index (χ1v) is 8.55. The molecule has 0 saturated heterocycles. The summed E-state index contributed by atoms with van der Waals surface area (Å²) in [6.07, 6.45) is 3.06. The number of halogens is 1. The van der Waals surface area contributed by atoms with E-state index < -0.39 is 0 Å². The summed E-state index contributed by atoms with van der Waals surface area (Å²) in [6.45, 7) is 2.48. The van der Waals surface area contributed by atoms with Crippen LogP contribution in [0.1, 0.15) is 21.5 Å². The van der Waals surface area contributed by atoms with Crippen LogP contribution in [-0.2, 0) is 6.54 Å². The van der Waals surface area contributed by atoms with Crippen LogP contribution in [0.15, 0.2) is 60.9 Å². The maximum Gasteiger partial charge on any atom is 0.257 e. The Kier molecular flexibility index (Phi) is 5.49. The normalized spacial score (nSPS) is 10.4. The molecule has 5 nitrogen and oxygen atoms in total. The SMILES string of the molecule is Cc1cc(Cl)ccc1Nc1ncc(C(=O)N(C)Cc2ccccc2)cn1. The van der Waals surface area contributed by atoms with Gasteiger partial charge in [-0.25, -0.2) is 9.97 Å². The number of aryl methyl sites for hydroxylation is 1. The summed E-state index contributed by atoms with van der Waals surface area (Å²) >= 11 is 5.96. The number of carbonyl (C=O) groups excluding carboxylic acids is 1. The molecule has 0 atom stereocenters. The van der Waals surface area contributed by atoms with Gasteiger partial charge in [-0.05, 0) is 36.2 Å². The van der Waals surface area contributed by atoms with Crippen LogP contribution in [0.4, 0.5) is 11.6 Å². The van der Waals surface area contributed by atoms with E-state index in [4.69, 9.17) is 11.6 Å². The standard InChI is InChI=1S/C20H19ClN4O/c1-14-10-17(21)8-9-18(14)24-20-22-11-16(12-23-20)19(26)25(2)13-15-6-4-3-5-7-15/h3-12H,13H2,1-2H3,(H,22,23,24). The van der Waals surface area contributed by atoms with Crippen LogP contribution in [0, 0.1) is 6.92 Å². The third-order valence-corrected chi connectivity index (χ3v) is 4.18. The van der Waals surface area contributed by atoms with Crippen LogP contribution in [0.25, 0.3) is 0 Å². The molecule has 0 fully saturated rings. The van der Waals surface area contributed by atoms with Crippen molar-refractivity contribution in [1.29, 1.82) is 0 Å². The fraction of sp³-hybridized carbons (Fsp3) is 0.150. The Morgan fingerprint density at radius 1 is 1.12 bits per heavy atom. The molecule has 3 aromatic rings. The molecule has 132 valence electrons. The molecule has 0 radical (unpaired) electrons. The number of rotatable bonds is 5. The quantitative estimate of drug-likeness (QED) is 0.724. The zero-order chi connectivity index (χ0) is 18.5. The summed E-state index contributed by atoms with van der Waals surface area (Å²) in [4.78, 5) is 22.7. The van der Waals surface area contributed by atoms with Gasteiger partial charge in [-0.15, -0.1) is 0 Å². The number of nitrogens with one attached hydrogen (secondary N) is 1. The van der Waals surface area contributed by atoms with Gasteiger partial charge in [0.1, 0.15) is 0 Å². The van der Waals surface area contributed by atoms with Crippen LogP contribution in [0.3, 0.4) is 0 Å². The van der Waals surface area contributed by atoms with Gasteiger partial charge < -0.3 is 10.2 Å². The Labute approximate surface area is 157 Å². The molecule has 1 N–H and O–H groups in total. The lowest BCUT2D eigenvalue weighted by atomic mass is 10.2. The Balaban J connectivity index is 1.67. The minimum Gasteiger partial charge on any atom is -0.337 e. The average Bonchev–Trinajstić information content (AvgIpc) is 2.65. The van der Waals surface area contributed by atoms with Crippen molar-refractivity contribution in [3.63, 3.8) is 0 Å². The van der Waals surface area contributed by atoms with E-state index in [0.717, 1.165) is 16.8 Å². The number of carbonyl (C=O) groups is 1. The molecule has 0 aliphatic heterocycles. The molecule has 3 rings (SSSR count). The molecule has 0 saturated carbocycles. The smallest absolute Gasteiger partial charge is 0.257 e. The molecule has 0 aliphatic carbocycles. The minimum atomic E-state index is -0.122. The lowest BCUT2D eigenvalue weighted by Gasteiger charge is -2.17. The summed E-state index contributed by atoms with van der Waals surface area (Å²) in [5.41, 5.74) is 3.38. The Bertz CT molecular complexity index is 897. The zero-order valence-electron chi connectivity index (χ0n) is 14.6. The molecule has 6 heteroatoms. The van der Waals surface area contributed by atoms with Crippen molar-refractivity contribution in [3.05, 3.63) is 82.6 Å². The van der Waals surface area contributed by atoms with Crippen molar-refractivity contribution in [2.45, 2.75) is 13.5 Å². The van der Waals surface area contributed by atoms with Gasteiger partial charge in [0.2, 0.25) is 5.95 Å². The molecule has 1 aromatic heterocycles. The van der Waals surface area contributed by atoms with Gasteiger partial charge in [0.25, 0.3) is 5.91 Å². The summed E-state index contributed by atoms with van der Waals surface area (Å²) < 4.78 is 0. The molecule has 0 unspecified atom stereocenters. The number of aromatic nitrogens is 2. The Morgan fingerprint density at radius 3 is 2.46 bits per heavy atom. The first-order chi connectivity index (χ1) is 12.5. The van der Waals surface area contributed by atoms with Crippen LogP contribution in [0.2, 0.25) is 5.02 Å². The van der Waals surface area contributed by atoms with Gasteiger partial charge in [0, 0.05) is 36.7 Å². The van der Waals surface area contributed by atoms with E-state index in [2.05, 4.69) is 15.3 Å². The van der Waals surface area contributed by atoms with Crippen LogP contribution >= 0.6 is 11.6 Å². The van der Waals surface area contributed by atoms with Crippen molar-refractivity contribution in [2.75, 3.05) is 12.4 Å². The number of anilines is 2. The van der Waals surface area contributed by atoms with E-state index in [1.807, 2.05) is 49.4 Å². The molecule has 26 heavy (non-hydrogen) atoms. The number of benzene rings is 2. The van der Waals surface area contributed by atoms with Crippen LogP contribution in [-0.4, -0.2) is 27.8 Å². The Hall–Kier alpha value is -2.92. The van der Waals surface area contributed by atoms with E-state index in [1.165, 1.54) is 12.4 Å². The predicted molar refractivity (Wildman–Crippen MR) is 104 cm³/mol. The highest BCUT2D eigenvalue weighted by atomic mass is 35.5. The second-order valence-corrected chi connectivity index (χ2v) is 6.46. The van der Waals surface area contributed by atoms with Gasteiger partial charge in [-0.3, -0.25) is 4.79 Å². The van der Waals surface area contributed by atoms with Gasteiger partial charge in [0.05, 0.1) is 5.56 Å². The summed E-state index contributed by atoms with van der Waals surface area (Å²) in [5.74, 6) is 0.306. The zero-order valence-corrected chi connectivity index (χ0v) is 15.4. The topological polar surface area (TPSA) is 58.1 Å². The molecular weight excluding hydrogens is 348 g/mol. The van der Waals surface area contributed by atoms with Gasteiger partial charge in [0.15, 0.2) is 0 Å². The summed E-state index contributed by atoms with van der Waals surface area (Å²) in [7, 11) is 1.76. The Morgan fingerprint density at radius 2 is 1.81 bits per heavy atom. The maximum atomic E-state index is 12.5. The van der Waals surface area contributed by atoms with Crippen molar-refractivity contribution in [2.24, 2.45) is 0 Å². The number of hydrogen-bond donors (Lipinski definition) is 1. The van der Waals surface area contributed by atoms with Crippen molar-refractivity contribution < 1.29 is 4.79 Å². The van der Waals surface area contributed by atoms with E-state index in [1.54, 1.807) is 18.0 Å². The second-order valence-electron chi connectivity index (χ2n) is 6.03. The van der Waals surface area contributed by atoms with Crippen molar-refractivity contribution in [1.82, 2.24) is 14.9 Å². The van der Waals surface area contributed by atoms with Gasteiger partial charge >= 0.3 is 0 Å². The van der Waals surface area contributed by atoms with Crippen molar-refractivity contribution >= 4 is 29.1 Å². The molecule has 1 amide bonds. The first-order valence-electron chi connectivity index (χ1n) is 8.17. The highest BCUT2D eigenvalue weighted by Crippen LogP contribution is 2.22. The van der Waals surface area contributed by atoms with Gasteiger partial charge in [-0.1, -0.05) is 41.9 Å². The summed E-state index contributed by atoms with van der Waals surface area (Å²) in [5, 5.41) is 3.81. The predicted octanol–water partition coefficient (Wildman–Crippen LogP) is 4.45. The highest BCUT2D eigenvalue weighted by molar-refractivity contribution is 6.30. The van der Waals surface area contributed by atoms with E-state index >= 15 is 0 Å². The van der Waals surface area contributed by atoms with Crippen LogP contribution < -0.4 is 5.32 Å². The fourth-order valence-electron chi connectivity index (χ4n) is 2.54. The largest absolute Gasteiger partial charge is 0.337 e. The molecule has 1 heterocycles. The third kappa shape index (κ3) is 4.37. The molecular formula is C20H19ClN4O. The van der Waals surface area contributed by atoms with Gasteiger partial charge in [-0.2, -0.15) is 0 Å². The van der Waals surface area contributed by atoms with E-state index in [-0.39, 0.29) is 5.91 Å². The molecule has 0 bridgehead atoms. The second kappa shape index (κ2) is 7.97. The third-order valence-electron chi connectivity index (χ3n) is 3.94. The van der Waals surface area contributed by atoms with E-state index in [9.17, 15) is 4.79 Å². The van der Waals surface area contributed by atoms with Crippen LogP contribution in [0.5, 0.6) is 0 Å². The monoisotopic (exact) mass is 366 g/mol. The average molecular weight is 367 g/mol. The number of hydrogen-bond acceptors (Lipinski definition) is 4. The lowest BCUT2D eigenvalue weighted by molar-refractivity contribution is 0.0784. The molecule has 0 spiro atoms. The molecule has 2 aromatic carbocycles. The lowest BCUT2D eigenvalue weighted by Crippen LogP contribution is -2.26.